The van der Waals surface area contributed by atoms with E-state index in [1.807, 2.05) is 0 Å². The Labute approximate surface area is 150 Å². The van der Waals surface area contributed by atoms with Gasteiger partial charge in [0.05, 0.1) is 17.2 Å². The van der Waals surface area contributed by atoms with Crippen LogP contribution in [0.2, 0.25) is 5.02 Å². The zero-order chi connectivity index (χ0) is 18.2. The van der Waals surface area contributed by atoms with E-state index in [9.17, 15) is 9.18 Å². The summed E-state index contributed by atoms with van der Waals surface area (Å²) in [4.78, 5) is 12.0. The first-order valence-corrected chi connectivity index (χ1v) is 8.05. The van der Waals surface area contributed by atoms with Crippen LogP contribution in [0, 0.1) is 5.82 Å². The number of esters is 1. The third-order valence-electron chi connectivity index (χ3n) is 3.21. The van der Waals surface area contributed by atoms with Gasteiger partial charge in [-0.25, -0.2) is 9.18 Å². The van der Waals surface area contributed by atoms with Crippen molar-refractivity contribution >= 4 is 17.6 Å². The molecule has 0 unspecified atom stereocenters. The van der Waals surface area contributed by atoms with Crippen LogP contribution < -0.4 is 9.47 Å². The lowest BCUT2D eigenvalue weighted by Gasteiger charge is -2.15. The highest BCUT2D eigenvalue weighted by atomic mass is 35.5. The van der Waals surface area contributed by atoms with Gasteiger partial charge in [0.15, 0.2) is 11.5 Å². The van der Waals surface area contributed by atoms with E-state index in [1.165, 1.54) is 24.3 Å². The van der Waals surface area contributed by atoms with Crippen molar-refractivity contribution in [3.8, 4) is 11.5 Å². The summed E-state index contributed by atoms with van der Waals surface area (Å²) in [5.74, 6) is -0.395. The van der Waals surface area contributed by atoms with Crippen molar-refractivity contribution in [1.82, 2.24) is 0 Å². The van der Waals surface area contributed by atoms with Crippen LogP contribution in [0.1, 0.15) is 22.8 Å². The summed E-state index contributed by atoms with van der Waals surface area (Å²) in [6, 6.07) is 9.18. The molecule has 0 aromatic heterocycles. The Hall–Kier alpha value is -2.53. The number of hydrogen-bond acceptors (Lipinski definition) is 4. The van der Waals surface area contributed by atoms with Gasteiger partial charge in [-0.15, -0.1) is 0 Å². The molecule has 0 radical (unpaired) electrons. The molecule has 0 heterocycles. The Morgan fingerprint density at radius 2 is 2.04 bits per heavy atom. The van der Waals surface area contributed by atoms with Crippen LogP contribution >= 0.6 is 11.6 Å². The molecule has 0 saturated heterocycles. The molecular formula is C19H18ClFO4. The van der Waals surface area contributed by atoms with Gasteiger partial charge >= 0.3 is 5.97 Å². The van der Waals surface area contributed by atoms with E-state index >= 15 is 0 Å². The maximum atomic E-state index is 13.7. The number of carbonyl (C=O) groups is 1. The van der Waals surface area contributed by atoms with Crippen LogP contribution in [0.15, 0.2) is 49.1 Å². The van der Waals surface area contributed by atoms with Gasteiger partial charge in [-0.2, -0.15) is 0 Å². The molecule has 0 amide bonds. The zero-order valence-electron chi connectivity index (χ0n) is 13.8. The Kier molecular flexibility index (Phi) is 6.83. The number of hydrogen-bond donors (Lipinski definition) is 0. The lowest BCUT2D eigenvalue weighted by atomic mass is 10.2. The summed E-state index contributed by atoms with van der Waals surface area (Å²) in [6.07, 6.45) is 1.47. The lowest BCUT2D eigenvalue weighted by Crippen LogP contribution is -2.07. The van der Waals surface area contributed by atoms with Crippen LogP contribution in [-0.4, -0.2) is 19.2 Å². The number of benzene rings is 2. The van der Waals surface area contributed by atoms with Gasteiger partial charge in [0, 0.05) is 5.56 Å². The van der Waals surface area contributed by atoms with Gasteiger partial charge in [-0.1, -0.05) is 42.5 Å². The first-order valence-electron chi connectivity index (χ1n) is 7.67. The van der Waals surface area contributed by atoms with Crippen molar-refractivity contribution in [3.63, 3.8) is 0 Å². The third kappa shape index (κ3) is 4.97. The molecule has 4 nitrogen and oxygen atoms in total. The molecule has 0 fully saturated rings. The molecule has 25 heavy (non-hydrogen) atoms. The average molecular weight is 365 g/mol. The van der Waals surface area contributed by atoms with Gasteiger partial charge in [-0.05, 0) is 25.1 Å². The molecule has 0 saturated carbocycles. The number of rotatable bonds is 8. The van der Waals surface area contributed by atoms with Crippen LogP contribution in [-0.2, 0) is 11.3 Å². The lowest BCUT2D eigenvalue weighted by molar-refractivity contribution is 0.0549. The molecule has 0 aliphatic carbocycles. The van der Waals surface area contributed by atoms with Crippen LogP contribution in [0.4, 0.5) is 4.39 Å². The highest BCUT2D eigenvalue weighted by Gasteiger charge is 2.17. The normalized spacial score (nSPS) is 10.2. The fourth-order valence-corrected chi connectivity index (χ4v) is 2.34. The molecule has 0 bridgehead atoms. The number of carbonyl (C=O) groups excluding carboxylic acids is 1. The summed E-state index contributed by atoms with van der Waals surface area (Å²) < 4.78 is 29.8. The second kappa shape index (κ2) is 9.08. The van der Waals surface area contributed by atoms with Crippen molar-refractivity contribution in [1.29, 1.82) is 0 Å². The van der Waals surface area contributed by atoms with Gasteiger partial charge in [0.2, 0.25) is 0 Å². The predicted octanol–water partition coefficient (Wildman–Crippen LogP) is 4.80. The minimum Gasteiger partial charge on any atom is -0.490 e. The fraction of sp³-hybridized carbons (Fsp3) is 0.211. The Morgan fingerprint density at radius 3 is 2.72 bits per heavy atom. The van der Waals surface area contributed by atoms with Gasteiger partial charge in [-0.3, -0.25) is 0 Å². The summed E-state index contributed by atoms with van der Waals surface area (Å²) in [6.45, 7) is 5.69. The molecule has 6 heteroatoms. The Balaban J connectivity index is 2.26. The smallest absolute Gasteiger partial charge is 0.338 e. The van der Waals surface area contributed by atoms with E-state index < -0.39 is 5.97 Å². The molecule has 0 N–H and O–H groups in total. The highest BCUT2D eigenvalue weighted by molar-refractivity contribution is 6.32. The van der Waals surface area contributed by atoms with E-state index in [0.717, 1.165) is 0 Å². The molecule has 0 aliphatic rings. The summed E-state index contributed by atoms with van der Waals surface area (Å²) >= 11 is 6.23. The highest BCUT2D eigenvalue weighted by Crippen LogP contribution is 2.37. The Bertz CT molecular complexity index is 761. The van der Waals surface area contributed by atoms with Crippen molar-refractivity contribution in [2.75, 3.05) is 13.2 Å². The topological polar surface area (TPSA) is 44.8 Å². The van der Waals surface area contributed by atoms with Crippen LogP contribution in [0.3, 0.4) is 0 Å². The van der Waals surface area contributed by atoms with Crippen molar-refractivity contribution < 1.29 is 23.4 Å². The summed E-state index contributed by atoms with van der Waals surface area (Å²) in [7, 11) is 0. The van der Waals surface area contributed by atoms with E-state index in [0.29, 0.717) is 12.2 Å². The zero-order valence-corrected chi connectivity index (χ0v) is 14.5. The van der Waals surface area contributed by atoms with E-state index in [2.05, 4.69) is 6.58 Å². The Morgan fingerprint density at radius 1 is 1.28 bits per heavy atom. The van der Waals surface area contributed by atoms with Crippen LogP contribution in [0.5, 0.6) is 11.5 Å². The predicted molar refractivity (Wildman–Crippen MR) is 93.8 cm³/mol. The minimum absolute atomic E-state index is 0.0211. The molecule has 0 aliphatic heterocycles. The van der Waals surface area contributed by atoms with E-state index in [4.69, 9.17) is 25.8 Å². The quantitative estimate of drug-likeness (QED) is 0.498. The second-order valence-corrected chi connectivity index (χ2v) is 5.39. The van der Waals surface area contributed by atoms with Gasteiger partial charge in [0.25, 0.3) is 0 Å². The molecule has 2 aromatic carbocycles. The summed E-state index contributed by atoms with van der Waals surface area (Å²) in [5.41, 5.74) is 0.615. The molecule has 0 atom stereocenters. The van der Waals surface area contributed by atoms with Crippen LogP contribution in [0.25, 0.3) is 0 Å². The fourth-order valence-electron chi connectivity index (χ4n) is 2.07. The number of ether oxygens (including phenoxy) is 3. The summed E-state index contributed by atoms with van der Waals surface area (Å²) in [5, 5.41) is 0.174. The molecule has 132 valence electrons. The molecule has 0 spiro atoms. The van der Waals surface area contributed by atoms with E-state index in [1.54, 1.807) is 25.1 Å². The minimum atomic E-state index is -0.552. The third-order valence-corrected chi connectivity index (χ3v) is 3.49. The van der Waals surface area contributed by atoms with Crippen molar-refractivity contribution in [3.05, 3.63) is 71.0 Å². The SMILES string of the molecule is C=CCOC(=O)c1cc(Cl)c(OCc2ccccc2F)c(OCC)c1. The first-order chi connectivity index (χ1) is 12.1. The standard InChI is InChI=1S/C19H18ClFO4/c1-3-9-24-19(22)14-10-15(20)18(17(11-14)23-4-2)25-12-13-7-5-6-8-16(13)21/h3,5-8,10-11H,1,4,9,12H2,2H3. The second-order valence-electron chi connectivity index (χ2n) is 4.99. The van der Waals surface area contributed by atoms with Gasteiger partial charge in [0.1, 0.15) is 19.0 Å². The van der Waals surface area contributed by atoms with E-state index in [-0.39, 0.29) is 41.1 Å². The number of halogens is 2. The maximum absolute atomic E-state index is 13.7. The monoisotopic (exact) mass is 364 g/mol. The molecule has 2 aromatic rings. The maximum Gasteiger partial charge on any atom is 0.338 e. The van der Waals surface area contributed by atoms with Crippen molar-refractivity contribution in [2.24, 2.45) is 0 Å². The largest absolute Gasteiger partial charge is 0.490 e. The van der Waals surface area contributed by atoms with Gasteiger partial charge < -0.3 is 14.2 Å². The molecular weight excluding hydrogens is 347 g/mol. The average Bonchev–Trinajstić information content (AvgIpc) is 2.60. The molecule has 2 rings (SSSR count). The van der Waals surface area contributed by atoms with Crippen molar-refractivity contribution in [2.45, 2.75) is 13.5 Å². The first kappa shape index (κ1) is 18.8.